The van der Waals surface area contributed by atoms with Crippen LogP contribution in [0.3, 0.4) is 0 Å². The smallest absolute Gasteiger partial charge is 0.387 e. The van der Waals surface area contributed by atoms with Crippen molar-refractivity contribution in [3.8, 4) is 0 Å². The second-order valence-electron chi connectivity index (χ2n) is 7.23. The van der Waals surface area contributed by atoms with Crippen LogP contribution in [0.2, 0.25) is 0 Å². The molecule has 0 spiro atoms. The molecule has 1 saturated heterocycles. The summed E-state index contributed by atoms with van der Waals surface area (Å²) >= 11 is 1.38. The van der Waals surface area contributed by atoms with Crippen LogP contribution >= 0.6 is 27.4 Å². The van der Waals surface area contributed by atoms with Gasteiger partial charge in [-0.1, -0.05) is 17.8 Å². The number of thioether (sulfide) groups is 1. The van der Waals surface area contributed by atoms with E-state index in [1.807, 2.05) is 6.08 Å². The number of anilines is 1. The van der Waals surface area contributed by atoms with Crippen molar-refractivity contribution >= 4 is 44.4 Å². The number of aliphatic hydroxyl groups excluding tert-OH is 2. The molecule has 2 aromatic rings. The van der Waals surface area contributed by atoms with Crippen molar-refractivity contribution < 1.29 is 47.6 Å². The van der Waals surface area contributed by atoms with Crippen molar-refractivity contribution in [2.45, 2.75) is 49.0 Å². The first-order chi connectivity index (χ1) is 15.9. The van der Waals surface area contributed by atoms with Crippen LogP contribution in [0.5, 0.6) is 0 Å². The minimum Gasteiger partial charge on any atom is -0.387 e. The summed E-state index contributed by atoms with van der Waals surface area (Å²) in [4.78, 5) is 39.5. The highest BCUT2D eigenvalue weighted by atomic mass is 32.2. The van der Waals surface area contributed by atoms with E-state index in [2.05, 4.69) is 30.4 Å². The van der Waals surface area contributed by atoms with Gasteiger partial charge in [-0.15, -0.1) is 6.58 Å². The molecule has 3 rings (SSSR count). The van der Waals surface area contributed by atoms with Crippen LogP contribution in [-0.2, 0) is 22.7 Å². The molecule has 1 fully saturated rings. The SMILES string of the molecule is C=CCCCCSc1nc(N)c2ncn([C@@H]3O[C@H](COP(=O)(O)OP(=O)(O)O)[C@@H](O)[C@H]3O)c2n1. The number of phosphoric acid groups is 2. The highest BCUT2D eigenvalue weighted by Crippen LogP contribution is 2.57. The van der Waals surface area contributed by atoms with Crippen molar-refractivity contribution in [2.75, 3.05) is 18.1 Å². The number of allylic oxidation sites excluding steroid dienone is 1. The quantitative estimate of drug-likeness (QED) is 0.0713. The van der Waals surface area contributed by atoms with Crippen LogP contribution in [0.25, 0.3) is 11.2 Å². The Hall–Kier alpha value is -1.42. The molecule has 7 N–H and O–H groups in total. The molecule has 0 amide bonds. The fraction of sp³-hybridized carbons (Fsp3) is 0.562. The first-order valence-electron chi connectivity index (χ1n) is 9.91. The van der Waals surface area contributed by atoms with Crippen LogP contribution < -0.4 is 5.73 Å². The van der Waals surface area contributed by atoms with Gasteiger partial charge in [0.25, 0.3) is 0 Å². The largest absolute Gasteiger partial charge is 0.481 e. The van der Waals surface area contributed by atoms with Crippen molar-refractivity contribution in [3.63, 3.8) is 0 Å². The average molecular weight is 541 g/mol. The minimum absolute atomic E-state index is 0.112. The summed E-state index contributed by atoms with van der Waals surface area (Å²) < 4.78 is 37.5. The molecule has 0 aliphatic carbocycles. The van der Waals surface area contributed by atoms with Crippen molar-refractivity contribution in [2.24, 2.45) is 0 Å². The molecule has 3 heterocycles. The predicted octanol–water partition coefficient (Wildman–Crippen LogP) is 0.702. The Bertz CT molecular complexity index is 1110. The van der Waals surface area contributed by atoms with E-state index in [4.69, 9.17) is 20.3 Å². The molecule has 1 aliphatic heterocycles. The number of aromatic nitrogens is 4. The van der Waals surface area contributed by atoms with Crippen LogP contribution in [-0.4, -0.2) is 75.1 Å². The van der Waals surface area contributed by atoms with Gasteiger partial charge in [0.15, 0.2) is 22.8 Å². The van der Waals surface area contributed by atoms with E-state index in [0.29, 0.717) is 5.16 Å². The van der Waals surface area contributed by atoms with Gasteiger partial charge in [-0.05, 0) is 19.3 Å². The van der Waals surface area contributed by atoms with Gasteiger partial charge < -0.3 is 35.4 Å². The zero-order valence-corrected chi connectivity index (χ0v) is 20.3. The minimum atomic E-state index is -5.31. The average Bonchev–Trinajstić information content (AvgIpc) is 3.26. The lowest BCUT2D eigenvalue weighted by Crippen LogP contribution is -2.33. The molecular weight excluding hydrogens is 516 g/mol. The molecule has 0 saturated carbocycles. The maximum absolute atomic E-state index is 11.6. The van der Waals surface area contributed by atoms with E-state index in [1.165, 1.54) is 22.7 Å². The van der Waals surface area contributed by atoms with Gasteiger partial charge in [-0.2, -0.15) is 4.31 Å². The fourth-order valence-corrected chi connectivity index (χ4v) is 5.59. The van der Waals surface area contributed by atoms with E-state index in [9.17, 15) is 24.2 Å². The van der Waals surface area contributed by atoms with Gasteiger partial charge in [0, 0.05) is 5.75 Å². The summed E-state index contributed by atoms with van der Waals surface area (Å²) in [5.74, 6) is 0.854. The van der Waals surface area contributed by atoms with E-state index in [0.717, 1.165) is 25.0 Å². The zero-order chi connectivity index (χ0) is 25.1. The first-order valence-corrected chi connectivity index (χ1v) is 13.9. The van der Waals surface area contributed by atoms with Gasteiger partial charge in [-0.3, -0.25) is 9.09 Å². The molecular formula is C16H25N5O10P2S. The van der Waals surface area contributed by atoms with Gasteiger partial charge in [0.05, 0.1) is 12.9 Å². The zero-order valence-electron chi connectivity index (χ0n) is 17.7. The van der Waals surface area contributed by atoms with Crippen LogP contribution in [0.4, 0.5) is 5.82 Å². The number of nitrogen functional groups attached to an aromatic ring is 1. The third-order valence-electron chi connectivity index (χ3n) is 4.68. The highest BCUT2D eigenvalue weighted by Gasteiger charge is 2.46. The Morgan fingerprint density at radius 3 is 2.65 bits per heavy atom. The predicted molar refractivity (Wildman–Crippen MR) is 119 cm³/mol. The molecule has 1 aliphatic rings. The fourth-order valence-electron chi connectivity index (χ4n) is 3.14. The number of fused-ring (bicyclic) bond motifs is 1. The molecule has 0 bridgehead atoms. The third kappa shape index (κ3) is 6.83. The summed E-state index contributed by atoms with van der Waals surface area (Å²) in [5, 5.41) is 21.2. The normalized spacial score (nSPS) is 25.0. The summed E-state index contributed by atoms with van der Waals surface area (Å²) in [5.41, 5.74) is 6.47. The maximum Gasteiger partial charge on any atom is 0.481 e. The van der Waals surface area contributed by atoms with Crippen molar-refractivity contribution in [1.82, 2.24) is 19.5 Å². The van der Waals surface area contributed by atoms with Crippen LogP contribution in [0.15, 0.2) is 24.1 Å². The number of imidazole rings is 1. The molecule has 2 aromatic heterocycles. The third-order valence-corrected chi connectivity index (χ3v) is 7.77. The van der Waals surface area contributed by atoms with E-state index >= 15 is 0 Å². The second-order valence-corrected chi connectivity index (χ2v) is 11.1. The number of hydrogen-bond acceptors (Lipinski definition) is 12. The number of nitrogens with two attached hydrogens (primary N) is 1. The Morgan fingerprint density at radius 2 is 1.97 bits per heavy atom. The number of unbranched alkanes of at least 4 members (excludes halogenated alkanes) is 2. The Labute approximate surface area is 197 Å². The molecule has 18 heteroatoms. The lowest BCUT2D eigenvalue weighted by Gasteiger charge is -2.17. The number of ether oxygens (including phenoxy) is 1. The van der Waals surface area contributed by atoms with Crippen LogP contribution in [0.1, 0.15) is 25.5 Å². The molecule has 15 nitrogen and oxygen atoms in total. The Balaban J connectivity index is 1.74. The van der Waals surface area contributed by atoms with Crippen molar-refractivity contribution in [3.05, 3.63) is 19.0 Å². The van der Waals surface area contributed by atoms with Crippen molar-refractivity contribution in [1.29, 1.82) is 0 Å². The molecule has 1 unspecified atom stereocenters. The lowest BCUT2D eigenvalue weighted by atomic mass is 10.1. The summed E-state index contributed by atoms with van der Waals surface area (Å²) in [6.45, 7) is 2.86. The Kier molecular flexibility index (Phi) is 8.87. The summed E-state index contributed by atoms with van der Waals surface area (Å²) in [7, 11) is -10.5. The van der Waals surface area contributed by atoms with Gasteiger partial charge in [0.1, 0.15) is 23.8 Å². The number of hydrogen-bond donors (Lipinski definition) is 6. The Morgan fingerprint density at radius 1 is 1.24 bits per heavy atom. The standard InChI is InChI=1S/C16H25N5O10P2S/c1-2-3-4-5-6-34-16-19-13(17)10-14(20-16)21(8-18-10)15-12(23)11(22)9(30-15)7-29-33(27,28)31-32(24,25)26/h2,8-9,11-12,15,22-23H,1,3-7H2,(H,27,28)(H2,17,19,20)(H2,24,25,26)/t9-,11-,12-,15-/m1/s1. The van der Waals surface area contributed by atoms with E-state index < -0.39 is 46.8 Å². The number of aliphatic hydroxyl groups is 2. The van der Waals surface area contributed by atoms with Gasteiger partial charge in [0.2, 0.25) is 0 Å². The number of nitrogens with zero attached hydrogens (tertiary/aromatic N) is 4. The van der Waals surface area contributed by atoms with E-state index in [1.54, 1.807) is 0 Å². The lowest BCUT2D eigenvalue weighted by molar-refractivity contribution is -0.0503. The number of rotatable bonds is 12. The molecule has 0 radical (unpaired) electrons. The monoisotopic (exact) mass is 541 g/mol. The number of phosphoric ester groups is 1. The summed E-state index contributed by atoms with van der Waals surface area (Å²) in [6.07, 6.45) is 0.209. The van der Waals surface area contributed by atoms with E-state index in [-0.39, 0.29) is 17.0 Å². The maximum atomic E-state index is 11.6. The van der Waals surface area contributed by atoms with Crippen LogP contribution in [0, 0.1) is 0 Å². The molecule has 5 atom stereocenters. The summed E-state index contributed by atoms with van der Waals surface area (Å²) in [6, 6.07) is 0. The molecule has 190 valence electrons. The van der Waals surface area contributed by atoms with Gasteiger partial charge >= 0.3 is 15.6 Å². The first kappa shape index (κ1) is 27.2. The highest BCUT2D eigenvalue weighted by molar-refractivity contribution is 7.99. The molecule has 34 heavy (non-hydrogen) atoms. The molecule has 0 aromatic carbocycles. The van der Waals surface area contributed by atoms with Gasteiger partial charge in [-0.25, -0.2) is 24.1 Å². The topological polar surface area (TPSA) is 233 Å². The second kappa shape index (κ2) is 11.1.